The van der Waals surface area contributed by atoms with Crippen LogP contribution in [0.3, 0.4) is 0 Å². The summed E-state index contributed by atoms with van der Waals surface area (Å²) in [5.74, 6) is -0.711. The predicted octanol–water partition coefficient (Wildman–Crippen LogP) is 4.45. The van der Waals surface area contributed by atoms with Gasteiger partial charge in [-0.15, -0.1) is 12.4 Å². The number of alkyl halides is 3. The van der Waals surface area contributed by atoms with Crippen molar-refractivity contribution in [3.8, 4) is 11.3 Å². The summed E-state index contributed by atoms with van der Waals surface area (Å²) in [6, 6.07) is 4.54. The van der Waals surface area contributed by atoms with E-state index in [1.165, 1.54) is 46.9 Å². The molecular weight excluding hydrogens is 648 g/mol. The lowest BCUT2D eigenvalue weighted by Gasteiger charge is -2.40. The van der Waals surface area contributed by atoms with E-state index in [0.717, 1.165) is 19.3 Å². The topological polar surface area (TPSA) is 131 Å². The van der Waals surface area contributed by atoms with Gasteiger partial charge >= 0.3 is 6.18 Å². The van der Waals surface area contributed by atoms with E-state index in [1.54, 1.807) is 9.80 Å². The number of piperazine rings is 1. The zero-order chi connectivity index (χ0) is 32.0. The molecule has 3 fully saturated rings. The fourth-order valence-corrected chi connectivity index (χ4v) is 6.36. The van der Waals surface area contributed by atoms with Crippen LogP contribution in [-0.4, -0.2) is 79.1 Å². The molecule has 248 valence electrons. The Kier molecular flexibility index (Phi) is 9.71. The Labute approximate surface area is 274 Å². The maximum absolute atomic E-state index is 13.9. The van der Waals surface area contributed by atoms with Gasteiger partial charge in [-0.3, -0.25) is 19.1 Å². The number of rotatable bonds is 7. The van der Waals surface area contributed by atoms with Gasteiger partial charge in [0.1, 0.15) is 0 Å². The van der Waals surface area contributed by atoms with Crippen LogP contribution in [0.1, 0.15) is 58.8 Å². The van der Waals surface area contributed by atoms with Gasteiger partial charge in [-0.2, -0.15) is 18.3 Å². The van der Waals surface area contributed by atoms with Crippen molar-refractivity contribution in [1.82, 2.24) is 29.1 Å². The molecule has 3 aliphatic rings. The molecule has 0 radical (unpaired) electrons. The van der Waals surface area contributed by atoms with E-state index in [4.69, 9.17) is 17.3 Å². The normalized spacial score (nSPS) is 20.0. The summed E-state index contributed by atoms with van der Waals surface area (Å²) in [6.45, 7) is 2.00. The lowest BCUT2D eigenvalue weighted by atomic mass is 9.80. The summed E-state index contributed by atoms with van der Waals surface area (Å²) in [6.07, 6.45) is 2.27. The Morgan fingerprint density at radius 2 is 1.76 bits per heavy atom. The molecule has 3 N–H and O–H groups in total. The van der Waals surface area contributed by atoms with Crippen molar-refractivity contribution >= 4 is 47.4 Å². The molecule has 1 aromatic carbocycles. The van der Waals surface area contributed by atoms with Gasteiger partial charge in [-0.1, -0.05) is 18.0 Å². The molecule has 2 aromatic heterocycles. The van der Waals surface area contributed by atoms with Crippen LogP contribution >= 0.6 is 24.0 Å². The maximum atomic E-state index is 13.9. The Morgan fingerprint density at radius 1 is 1.09 bits per heavy atom. The molecule has 1 saturated heterocycles. The Morgan fingerprint density at radius 3 is 2.35 bits per heavy atom. The molecule has 1 aliphatic heterocycles. The average molecular weight is 684 g/mol. The number of amides is 3. The van der Waals surface area contributed by atoms with Crippen LogP contribution in [0.4, 0.5) is 18.9 Å². The van der Waals surface area contributed by atoms with Gasteiger partial charge in [-0.05, 0) is 49.8 Å². The number of carbonyl (C=O) groups excluding carboxylic acids is 3. The minimum atomic E-state index is -4.68. The van der Waals surface area contributed by atoms with Crippen LogP contribution in [0.25, 0.3) is 11.3 Å². The Bertz CT molecular complexity index is 1620. The fourth-order valence-electron chi connectivity index (χ4n) is 6.10. The zero-order valence-electron chi connectivity index (χ0n) is 25.1. The predicted molar refractivity (Wildman–Crippen MR) is 167 cm³/mol. The number of carbonyl (C=O) groups is 3. The third-order valence-electron chi connectivity index (χ3n) is 9.03. The highest BCUT2D eigenvalue weighted by Gasteiger charge is 2.39. The van der Waals surface area contributed by atoms with Gasteiger partial charge in [-0.25, -0.2) is 4.98 Å². The Balaban J connectivity index is 0.00000417. The van der Waals surface area contributed by atoms with Gasteiger partial charge < -0.3 is 25.4 Å². The van der Waals surface area contributed by atoms with E-state index < -0.39 is 17.8 Å². The molecule has 3 heterocycles. The van der Waals surface area contributed by atoms with E-state index in [9.17, 15) is 27.6 Å². The van der Waals surface area contributed by atoms with Crippen LogP contribution in [0.15, 0.2) is 30.6 Å². The summed E-state index contributed by atoms with van der Waals surface area (Å²) in [5.41, 5.74) is 5.26. The van der Waals surface area contributed by atoms with E-state index in [-0.39, 0.29) is 69.5 Å². The first-order valence-corrected chi connectivity index (χ1v) is 15.4. The highest BCUT2D eigenvalue weighted by atomic mass is 35.5. The quantitative estimate of drug-likeness (QED) is 0.379. The minimum absolute atomic E-state index is 0. The number of anilines is 1. The first kappa shape index (κ1) is 33.7. The third-order valence-corrected chi connectivity index (χ3v) is 9.34. The second kappa shape index (κ2) is 13.2. The number of nitrogens with one attached hydrogen (secondary N) is 1. The molecule has 6 rings (SSSR count). The number of hydrogen-bond acceptors (Lipinski definition) is 6. The molecule has 11 nitrogen and oxygen atoms in total. The molecule has 0 bridgehead atoms. The molecular formula is C30H35Cl2F3N8O3. The van der Waals surface area contributed by atoms with E-state index in [0.29, 0.717) is 51.5 Å². The van der Waals surface area contributed by atoms with Crippen molar-refractivity contribution in [2.24, 2.45) is 24.6 Å². The largest absolute Gasteiger partial charge is 0.435 e. The lowest BCUT2D eigenvalue weighted by molar-refractivity contribution is -0.141. The molecule has 2 saturated carbocycles. The SMILES string of the molecule is Cl.Cn1c(-c2cn(CC3CCC3)nc2C(F)(F)F)cnc1C(=O)Nc1ccc(C(=O)N2CCN(C(=O)C3CC(N)C3)CC2)c(Cl)c1. The van der Waals surface area contributed by atoms with Crippen LogP contribution in [0.2, 0.25) is 5.02 Å². The van der Waals surface area contributed by atoms with Crippen molar-refractivity contribution < 1.29 is 27.6 Å². The molecule has 0 spiro atoms. The van der Waals surface area contributed by atoms with Crippen molar-refractivity contribution in [3.63, 3.8) is 0 Å². The number of aromatic nitrogens is 4. The standard InChI is InChI=1S/C30H34ClF3N8O3.ClH/c1-39-24(22-16-42(15-17-3-2-4-17)38-25(22)30(32,33)34)14-36-26(39)27(43)37-20-5-6-21(23(31)13-20)29(45)41-9-7-40(8-10-41)28(44)18-11-19(35)12-18;/h5-6,13-14,16-19H,2-4,7-12,15,35H2,1H3,(H,37,43);1H. The minimum Gasteiger partial charge on any atom is -0.339 e. The molecule has 2 aliphatic carbocycles. The smallest absolute Gasteiger partial charge is 0.339 e. The fraction of sp³-hybridized carbons (Fsp3) is 0.500. The van der Waals surface area contributed by atoms with E-state index >= 15 is 0 Å². The first-order valence-electron chi connectivity index (χ1n) is 15.0. The van der Waals surface area contributed by atoms with Crippen molar-refractivity contribution in [2.75, 3.05) is 31.5 Å². The number of halogens is 5. The van der Waals surface area contributed by atoms with Gasteiger partial charge in [0.2, 0.25) is 5.91 Å². The second-order valence-electron chi connectivity index (χ2n) is 12.1. The average Bonchev–Trinajstić information content (AvgIpc) is 3.56. The highest BCUT2D eigenvalue weighted by Crippen LogP contribution is 2.37. The van der Waals surface area contributed by atoms with Gasteiger partial charge in [0, 0.05) is 63.6 Å². The summed E-state index contributed by atoms with van der Waals surface area (Å²) in [7, 11) is 1.46. The number of hydrogen-bond donors (Lipinski definition) is 2. The molecule has 3 amide bonds. The maximum Gasteiger partial charge on any atom is 0.435 e. The van der Waals surface area contributed by atoms with Crippen molar-refractivity contribution in [3.05, 3.63) is 52.7 Å². The number of nitrogens with two attached hydrogens (primary N) is 1. The summed E-state index contributed by atoms with van der Waals surface area (Å²) >= 11 is 6.45. The third kappa shape index (κ3) is 6.74. The van der Waals surface area contributed by atoms with Crippen LogP contribution in [0.5, 0.6) is 0 Å². The van der Waals surface area contributed by atoms with Gasteiger partial charge in [0.05, 0.1) is 28.0 Å². The number of imidazole rings is 1. The molecule has 46 heavy (non-hydrogen) atoms. The second-order valence-corrected chi connectivity index (χ2v) is 12.5. The molecule has 16 heteroatoms. The monoisotopic (exact) mass is 682 g/mol. The molecule has 0 unspecified atom stereocenters. The summed E-state index contributed by atoms with van der Waals surface area (Å²) in [5, 5.41) is 6.59. The zero-order valence-corrected chi connectivity index (χ0v) is 26.7. The number of nitrogens with zero attached hydrogens (tertiary/aromatic N) is 6. The van der Waals surface area contributed by atoms with E-state index in [1.807, 2.05) is 0 Å². The molecule has 3 aromatic rings. The van der Waals surface area contributed by atoms with Gasteiger partial charge in [0.25, 0.3) is 11.8 Å². The van der Waals surface area contributed by atoms with Crippen LogP contribution < -0.4 is 11.1 Å². The Hall–Kier alpha value is -3.62. The van der Waals surface area contributed by atoms with Crippen molar-refractivity contribution in [2.45, 2.75) is 50.9 Å². The van der Waals surface area contributed by atoms with Crippen molar-refractivity contribution in [1.29, 1.82) is 0 Å². The lowest BCUT2D eigenvalue weighted by Crippen LogP contribution is -2.54. The van der Waals surface area contributed by atoms with Crippen LogP contribution in [-0.2, 0) is 24.6 Å². The number of benzene rings is 1. The first-order chi connectivity index (χ1) is 21.4. The molecule has 0 atom stereocenters. The summed E-state index contributed by atoms with van der Waals surface area (Å²) < 4.78 is 44.2. The van der Waals surface area contributed by atoms with E-state index in [2.05, 4.69) is 15.4 Å². The summed E-state index contributed by atoms with van der Waals surface area (Å²) in [4.78, 5) is 46.4. The highest BCUT2D eigenvalue weighted by molar-refractivity contribution is 6.34. The van der Waals surface area contributed by atoms with Crippen LogP contribution in [0, 0.1) is 11.8 Å². The van der Waals surface area contributed by atoms with Gasteiger partial charge in [0.15, 0.2) is 11.5 Å².